The molecule has 0 unspecified atom stereocenters. The van der Waals surface area contributed by atoms with E-state index >= 15 is 0 Å². The number of benzene rings is 2. The molecule has 2 aromatic carbocycles. The zero-order chi connectivity index (χ0) is 23.1. The highest BCUT2D eigenvalue weighted by atomic mass is 19.1. The highest BCUT2D eigenvalue weighted by Gasteiger charge is 2.30. The van der Waals surface area contributed by atoms with Crippen LogP contribution in [0.3, 0.4) is 0 Å². The molecule has 0 fully saturated rings. The van der Waals surface area contributed by atoms with Crippen LogP contribution in [0.1, 0.15) is 65.1 Å². The van der Waals surface area contributed by atoms with Gasteiger partial charge in [0.05, 0.1) is 6.04 Å². The molecule has 0 aliphatic carbocycles. The van der Waals surface area contributed by atoms with E-state index in [1.54, 1.807) is 11.8 Å². The first-order valence-electron chi connectivity index (χ1n) is 10.7. The molecule has 2 aromatic rings. The first-order chi connectivity index (χ1) is 14.5. The zero-order valence-electron chi connectivity index (χ0n) is 19.1. The number of nitrogens with two attached hydrogens (primary N) is 1. The van der Waals surface area contributed by atoms with Crippen LogP contribution in [0.2, 0.25) is 0 Å². The molecule has 0 radical (unpaired) electrons. The van der Waals surface area contributed by atoms with Crippen molar-refractivity contribution in [1.29, 1.82) is 0 Å². The van der Waals surface area contributed by atoms with Crippen LogP contribution in [-0.4, -0.2) is 23.9 Å². The molecule has 1 aliphatic heterocycles. The number of carbonyl (C=O) groups excluding carboxylic acids is 1. The van der Waals surface area contributed by atoms with E-state index in [0.29, 0.717) is 12.0 Å². The second kappa shape index (κ2) is 15.3. The molecule has 0 aromatic heterocycles. The Balaban J connectivity index is 0.00000108. The number of carbonyl (C=O) groups is 1. The third-order valence-electron chi connectivity index (χ3n) is 4.07. The average Bonchev–Trinajstić information content (AvgIpc) is 3.24. The molecule has 0 saturated heterocycles. The minimum atomic E-state index is -0.487. The van der Waals surface area contributed by atoms with Crippen molar-refractivity contribution in [3.63, 3.8) is 0 Å². The van der Waals surface area contributed by atoms with E-state index in [2.05, 4.69) is 0 Å². The summed E-state index contributed by atoms with van der Waals surface area (Å²) < 4.78 is 27.5. The topological polar surface area (TPSA) is 46.3 Å². The molecule has 166 valence electrons. The number of hydrogen-bond acceptors (Lipinski definition) is 2. The van der Waals surface area contributed by atoms with E-state index in [1.807, 2.05) is 71.0 Å². The third-order valence-corrected chi connectivity index (χ3v) is 4.07. The van der Waals surface area contributed by atoms with E-state index in [-0.39, 0.29) is 24.1 Å². The van der Waals surface area contributed by atoms with Crippen LogP contribution in [0.15, 0.2) is 54.6 Å². The van der Waals surface area contributed by atoms with Crippen LogP contribution >= 0.6 is 0 Å². The Hall–Kier alpha value is -2.53. The fraction of sp³-hybridized carbons (Fsp3) is 0.400. The summed E-state index contributed by atoms with van der Waals surface area (Å²) >= 11 is 0. The Morgan fingerprint density at radius 2 is 1.60 bits per heavy atom. The van der Waals surface area contributed by atoms with Crippen LogP contribution in [0.4, 0.5) is 8.78 Å². The van der Waals surface area contributed by atoms with Gasteiger partial charge in [0.2, 0.25) is 5.91 Å². The molecule has 3 nitrogen and oxygen atoms in total. The molecular weight excluding hydrogens is 382 g/mol. The van der Waals surface area contributed by atoms with Gasteiger partial charge >= 0.3 is 0 Å². The molecule has 5 heteroatoms. The van der Waals surface area contributed by atoms with Crippen molar-refractivity contribution in [1.82, 2.24) is 4.90 Å². The predicted octanol–water partition coefficient (Wildman–Crippen LogP) is 6.36. The lowest BCUT2D eigenvalue weighted by Gasteiger charge is -2.24. The Bertz CT molecular complexity index is 776. The van der Waals surface area contributed by atoms with Gasteiger partial charge in [-0.3, -0.25) is 4.79 Å². The zero-order valence-corrected chi connectivity index (χ0v) is 19.1. The van der Waals surface area contributed by atoms with E-state index in [4.69, 9.17) is 5.73 Å². The summed E-state index contributed by atoms with van der Waals surface area (Å²) in [4.78, 5) is 14.0. The monoisotopic (exact) mass is 418 g/mol. The lowest BCUT2D eigenvalue weighted by molar-refractivity contribution is -0.131. The van der Waals surface area contributed by atoms with E-state index in [9.17, 15) is 13.6 Å². The van der Waals surface area contributed by atoms with Crippen LogP contribution in [-0.2, 0) is 4.79 Å². The van der Waals surface area contributed by atoms with Gasteiger partial charge in [0, 0.05) is 18.5 Å². The normalized spacial score (nSPS) is 14.2. The number of nitrogens with zero attached hydrogens (tertiary/aromatic N) is 1. The van der Waals surface area contributed by atoms with E-state index < -0.39 is 11.6 Å². The van der Waals surface area contributed by atoms with Gasteiger partial charge in [-0.15, -0.1) is 0 Å². The fourth-order valence-electron chi connectivity index (χ4n) is 2.91. The highest BCUT2D eigenvalue weighted by Crippen LogP contribution is 2.35. The second-order valence-corrected chi connectivity index (χ2v) is 5.96. The maximum atomic E-state index is 14.1. The fourth-order valence-corrected chi connectivity index (χ4v) is 2.91. The molecule has 2 N–H and O–H groups in total. The highest BCUT2D eigenvalue weighted by molar-refractivity contribution is 5.83. The molecule has 0 bridgehead atoms. The predicted molar refractivity (Wildman–Crippen MR) is 123 cm³/mol. The number of rotatable bonds is 3. The number of hydrogen-bond donors (Lipinski definition) is 1. The summed E-state index contributed by atoms with van der Waals surface area (Å²) in [6, 6.07) is 12.7. The van der Waals surface area contributed by atoms with Gasteiger partial charge in [-0.05, 0) is 35.9 Å². The van der Waals surface area contributed by atoms with Crippen molar-refractivity contribution in [3.05, 3.63) is 77.4 Å². The number of amides is 1. The quantitative estimate of drug-likeness (QED) is 0.630. The van der Waals surface area contributed by atoms with Crippen LogP contribution in [0.25, 0.3) is 5.57 Å². The molecular formula is C25H36F2N2O. The van der Waals surface area contributed by atoms with Crippen molar-refractivity contribution in [2.24, 2.45) is 5.73 Å². The summed E-state index contributed by atoms with van der Waals surface area (Å²) in [6.45, 7) is 12.7. The maximum absolute atomic E-state index is 14.1. The molecule has 3 rings (SSSR count). The third kappa shape index (κ3) is 7.71. The minimum Gasteiger partial charge on any atom is -0.331 e. The molecule has 1 aliphatic rings. The minimum absolute atomic E-state index is 0.0121. The lowest BCUT2D eigenvalue weighted by Crippen LogP contribution is -2.30. The van der Waals surface area contributed by atoms with E-state index in [1.165, 1.54) is 6.07 Å². The molecule has 1 heterocycles. The molecule has 30 heavy (non-hydrogen) atoms. The summed E-state index contributed by atoms with van der Waals surface area (Å²) in [7, 11) is 0. The van der Waals surface area contributed by atoms with Gasteiger partial charge in [-0.1, -0.05) is 78.0 Å². The van der Waals surface area contributed by atoms with Gasteiger partial charge in [-0.2, -0.15) is 0 Å². The Kier molecular flexibility index (Phi) is 14.0. The summed E-state index contributed by atoms with van der Waals surface area (Å²) in [5.74, 6) is -0.976. The van der Waals surface area contributed by atoms with Gasteiger partial charge < -0.3 is 10.6 Å². The van der Waals surface area contributed by atoms with Gasteiger partial charge in [0.1, 0.15) is 11.6 Å². The summed E-state index contributed by atoms with van der Waals surface area (Å²) in [5, 5.41) is 0. The smallest absolute Gasteiger partial charge is 0.223 e. The lowest BCUT2D eigenvalue weighted by atomic mass is 10.0. The van der Waals surface area contributed by atoms with Crippen molar-refractivity contribution < 1.29 is 13.6 Å². The SMILES string of the molecule is CC.CC.CCC(=O)N1CC(c2cc(F)ccc2F)=C[C@H]1c1ccccc1.CCN. The number of halogens is 2. The van der Waals surface area contributed by atoms with Crippen LogP contribution in [0, 0.1) is 11.6 Å². The Morgan fingerprint density at radius 3 is 2.13 bits per heavy atom. The Morgan fingerprint density at radius 1 is 1.03 bits per heavy atom. The first kappa shape index (κ1) is 27.5. The second-order valence-electron chi connectivity index (χ2n) is 5.96. The van der Waals surface area contributed by atoms with Crippen molar-refractivity contribution in [3.8, 4) is 0 Å². The molecule has 0 spiro atoms. The standard InChI is InChI=1S/C19H17F2NO.C2H7N.2C2H6/c1-2-19(23)22-12-14(16-11-15(20)8-9-17(16)21)10-18(22)13-6-4-3-5-7-13;1-2-3;2*1-2/h3-11,18H,2,12H2,1H3;2-3H2,1H3;2*1-2H3/t18-;;;/m0.../s1. The van der Waals surface area contributed by atoms with Crippen molar-refractivity contribution >= 4 is 11.5 Å². The van der Waals surface area contributed by atoms with E-state index in [0.717, 1.165) is 24.2 Å². The van der Waals surface area contributed by atoms with Gasteiger partial charge in [-0.25, -0.2) is 8.78 Å². The molecule has 1 amide bonds. The van der Waals surface area contributed by atoms with Gasteiger partial charge in [0.25, 0.3) is 0 Å². The van der Waals surface area contributed by atoms with Crippen molar-refractivity contribution in [2.75, 3.05) is 13.1 Å². The summed E-state index contributed by atoms with van der Waals surface area (Å²) in [5.41, 5.74) is 6.66. The maximum Gasteiger partial charge on any atom is 0.223 e. The molecule has 1 atom stereocenters. The van der Waals surface area contributed by atoms with Crippen LogP contribution < -0.4 is 5.73 Å². The van der Waals surface area contributed by atoms with Crippen molar-refractivity contribution in [2.45, 2.75) is 54.0 Å². The Labute approximate surface area is 180 Å². The first-order valence-corrected chi connectivity index (χ1v) is 10.7. The molecule has 0 saturated carbocycles. The average molecular weight is 419 g/mol. The largest absolute Gasteiger partial charge is 0.331 e. The summed E-state index contributed by atoms with van der Waals surface area (Å²) in [6.07, 6.45) is 2.22. The van der Waals surface area contributed by atoms with Gasteiger partial charge in [0.15, 0.2) is 0 Å². The van der Waals surface area contributed by atoms with Crippen LogP contribution in [0.5, 0.6) is 0 Å².